The monoisotopic (exact) mass is 473 g/mol. The van der Waals surface area contributed by atoms with Crippen molar-refractivity contribution in [1.29, 1.82) is 0 Å². The molecule has 0 saturated heterocycles. The number of carbonyl (C=O) groups is 1. The highest BCUT2D eigenvalue weighted by atomic mass is 32.2. The van der Waals surface area contributed by atoms with Crippen LogP contribution in [-0.4, -0.2) is 43.2 Å². The summed E-state index contributed by atoms with van der Waals surface area (Å²) < 4.78 is 43.4. The molecule has 0 aliphatic heterocycles. The highest BCUT2D eigenvalue weighted by molar-refractivity contribution is 7.90. The Kier molecular flexibility index (Phi) is 7.19. The number of aryl methyl sites for hydroxylation is 1. The second kappa shape index (κ2) is 9.72. The number of amides is 2. The first-order valence-electron chi connectivity index (χ1n) is 10.4. The molecule has 176 valence electrons. The van der Waals surface area contributed by atoms with Gasteiger partial charge >= 0.3 is 6.03 Å². The van der Waals surface area contributed by atoms with Gasteiger partial charge in [0.15, 0.2) is 5.03 Å². The molecule has 0 saturated carbocycles. The van der Waals surface area contributed by atoms with Crippen molar-refractivity contribution in [3.63, 3.8) is 0 Å². The Morgan fingerprint density at radius 2 is 1.82 bits per heavy atom. The third kappa shape index (κ3) is 5.77. The van der Waals surface area contributed by atoms with Gasteiger partial charge < -0.3 is 10.2 Å². The smallest absolute Gasteiger partial charge is 0.306 e. The number of rotatable bonds is 7. The van der Waals surface area contributed by atoms with Crippen molar-refractivity contribution in [3.05, 3.63) is 65.6 Å². The first-order valence-corrected chi connectivity index (χ1v) is 11.9. The Bertz CT molecular complexity index is 1250. The largest absolute Gasteiger partial charge is 0.333 e. The lowest BCUT2D eigenvalue weighted by atomic mass is 9.94. The minimum atomic E-state index is -4.22. The maximum atomic E-state index is 14.4. The van der Waals surface area contributed by atoms with Gasteiger partial charge in [0, 0.05) is 25.2 Å². The number of carbonyl (C=O) groups excluding carboxylic acids is 1. The zero-order valence-electron chi connectivity index (χ0n) is 19.3. The first-order chi connectivity index (χ1) is 15.5. The minimum absolute atomic E-state index is 0.126. The fourth-order valence-electron chi connectivity index (χ4n) is 3.46. The van der Waals surface area contributed by atoms with E-state index in [0.29, 0.717) is 34.6 Å². The maximum absolute atomic E-state index is 14.4. The minimum Gasteiger partial charge on any atom is -0.306 e. The lowest BCUT2D eigenvalue weighted by Gasteiger charge is -2.19. The van der Waals surface area contributed by atoms with Crippen molar-refractivity contribution in [1.82, 2.24) is 19.4 Å². The molecule has 0 aliphatic carbocycles. The molecule has 8 nitrogen and oxygen atoms in total. The molecule has 3 aromatic rings. The molecule has 2 N–H and O–H groups in total. The van der Waals surface area contributed by atoms with E-state index in [-0.39, 0.29) is 10.9 Å². The summed E-state index contributed by atoms with van der Waals surface area (Å²) in [6.07, 6.45) is 0. The Morgan fingerprint density at radius 3 is 2.42 bits per heavy atom. The molecule has 0 aliphatic rings. The summed E-state index contributed by atoms with van der Waals surface area (Å²) in [4.78, 5) is 14.7. The highest BCUT2D eigenvalue weighted by Crippen LogP contribution is 2.36. The zero-order valence-corrected chi connectivity index (χ0v) is 20.1. The molecule has 1 aromatic heterocycles. The normalized spacial score (nSPS) is 11.8. The van der Waals surface area contributed by atoms with Crippen LogP contribution < -0.4 is 10.0 Å². The number of hydrogen-bond donors (Lipinski definition) is 2. The number of hydrogen-bond acceptors (Lipinski definition) is 5. The van der Waals surface area contributed by atoms with E-state index in [9.17, 15) is 17.6 Å². The fourth-order valence-corrected chi connectivity index (χ4v) is 4.38. The lowest BCUT2D eigenvalue weighted by molar-refractivity contribution is 0.256. The van der Waals surface area contributed by atoms with Crippen LogP contribution in [0.5, 0.6) is 0 Å². The Morgan fingerprint density at radius 1 is 1.15 bits per heavy atom. The van der Waals surface area contributed by atoms with Crippen molar-refractivity contribution in [3.8, 4) is 11.1 Å². The molecule has 2 amide bonds. The summed E-state index contributed by atoms with van der Waals surface area (Å²) in [5.41, 5.74) is 2.72. The van der Waals surface area contributed by atoms with Crippen LogP contribution in [0.3, 0.4) is 0 Å². The Hall–Kier alpha value is -3.24. The van der Waals surface area contributed by atoms with Crippen LogP contribution in [0.1, 0.15) is 31.0 Å². The molecule has 0 fully saturated rings. The van der Waals surface area contributed by atoms with Crippen molar-refractivity contribution >= 4 is 21.7 Å². The van der Waals surface area contributed by atoms with Gasteiger partial charge in [-0.3, -0.25) is 4.68 Å². The molecule has 0 atom stereocenters. The van der Waals surface area contributed by atoms with Gasteiger partial charge in [-0.05, 0) is 43.3 Å². The second-order valence-electron chi connectivity index (χ2n) is 8.33. The molecule has 1 heterocycles. The van der Waals surface area contributed by atoms with E-state index < -0.39 is 21.9 Å². The number of nitrogens with one attached hydrogen (secondary N) is 2. The Balaban J connectivity index is 1.93. The van der Waals surface area contributed by atoms with Crippen LogP contribution in [0.25, 0.3) is 11.1 Å². The summed E-state index contributed by atoms with van der Waals surface area (Å²) in [7, 11) is 1.12. The second-order valence-corrected chi connectivity index (χ2v) is 9.96. The van der Waals surface area contributed by atoms with Gasteiger partial charge in [0.2, 0.25) is 0 Å². The molecule has 2 aromatic carbocycles. The van der Waals surface area contributed by atoms with Gasteiger partial charge in [-0.15, -0.1) is 0 Å². The van der Waals surface area contributed by atoms with Crippen molar-refractivity contribution in [2.24, 2.45) is 7.05 Å². The molecule has 0 bridgehead atoms. The summed E-state index contributed by atoms with van der Waals surface area (Å²) in [6.45, 7) is 4.21. The summed E-state index contributed by atoms with van der Waals surface area (Å²) in [5, 5.41) is 6.39. The van der Waals surface area contributed by atoms with Gasteiger partial charge in [0.1, 0.15) is 5.82 Å². The lowest BCUT2D eigenvalue weighted by Crippen LogP contribution is -2.35. The number of anilines is 1. The molecule has 33 heavy (non-hydrogen) atoms. The van der Waals surface area contributed by atoms with Crippen molar-refractivity contribution in [2.45, 2.75) is 31.3 Å². The van der Waals surface area contributed by atoms with E-state index >= 15 is 0 Å². The molecular weight excluding hydrogens is 445 g/mol. The van der Waals surface area contributed by atoms with Crippen LogP contribution >= 0.6 is 0 Å². The zero-order chi connectivity index (χ0) is 24.3. The third-order valence-corrected chi connectivity index (χ3v) is 6.22. The number of benzene rings is 2. The summed E-state index contributed by atoms with van der Waals surface area (Å²) >= 11 is 0. The maximum Gasteiger partial charge on any atom is 0.333 e. The van der Waals surface area contributed by atoms with Gasteiger partial charge in [0.05, 0.1) is 11.4 Å². The fraction of sp³-hybridized carbons (Fsp3) is 0.304. The average molecular weight is 474 g/mol. The molecule has 0 unspecified atom stereocenters. The Labute approximate surface area is 193 Å². The van der Waals surface area contributed by atoms with Gasteiger partial charge in [-0.2, -0.15) is 13.5 Å². The molecule has 10 heteroatoms. The van der Waals surface area contributed by atoms with Crippen LogP contribution in [0.15, 0.2) is 53.6 Å². The standard InChI is InChI=1S/C23H28FN5O3S/c1-15(2)19-11-17(24)12-20(16-9-7-6-8-10-16)22(19)25-23(30)27-33(31,32)21-13-18(14-28(3)4)29(5)26-21/h6-13,15H,14H2,1-5H3,(H2,25,27,30). The average Bonchev–Trinajstić information content (AvgIpc) is 3.09. The van der Waals surface area contributed by atoms with Gasteiger partial charge in [0.25, 0.3) is 10.0 Å². The topological polar surface area (TPSA) is 96.3 Å². The number of halogens is 1. The highest BCUT2D eigenvalue weighted by Gasteiger charge is 2.24. The third-order valence-electron chi connectivity index (χ3n) is 5.01. The van der Waals surface area contributed by atoms with E-state index in [1.54, 1.807) is 31.3 Å². The summed E-state index contributed by atoms with van der Waals surface area (Å²) in [6, 6.07) is 12.1. The quantitative estimate of drug-likeness (QED) is 0.542. The SMILES string of the molecule is CC(C)c1cc(F)cc(-c2ccccc2)c1NC(=O)NS(=O)(=O)c1cc(CN(C)C)n(C)n1. The number of sulfonamides is 1. The van der Waals surface area contributed by atoms with Crippen LogP contribution in [0, 0.1) is 5.82 Å². The van der Waals surface area contributed by atoms with Crippen LogP contribution in [0.2, 0.25) is 0 Å². The van der Waals surface area contributed by atoms with E-state index in [1.807, 2.05) is 43.6 Å². The van der Waals surface area contributed by atoms with E-state index in [2.05, 4.69) is 10.4 Å². The van der Waals surface area contributed by atoms with Crippen molar-refractivity contribution < 1.29 is 17.6 Å². The predicted octanol–water partition coefficient (Wildman–Crippen LogP) is 3.92. The van der Waals surface area contributed by atoms with E-state index in [4.69, 9.17) is 0 Å². The molecular formula is C23H28FN5O3S. The first kappa shape index (κ1) is 24.4. The van der Waals surface area contributed by atoms with E-state index in [0.717, 1.165) is 0 Å². The van der Waals surface area contributed by atoms with E-state index in [1.165, 1.54) is 22.9 Å². The van der Waals surface area contributed by atoms with Gasteiger partial charge in [-0.25, -0.2) is 13.9 Å². The molecule has 3 rings (SSSR count). The number of aromatic nitrogens is 2. The van der Waals surface area contributed by atoms with Crippen LogP contribution in [0.4, 0.5) is 14.9 Å². The number of nitrogens with zero attached hydrogens (tertiary/aromatic N) is 3. The van der Waals surface area contributed by atoms with Crippen LogP contribution in [-0.2, 0) is 23.6 Å². The van der Waals surface area contributed by atoms with Gasteiger partial charge in [-0.1, -0.05) is 44.2 Å². The summed E-state index contributed by atoms with van der Waals surface area (Å²) in [5.74, 6) is -0.572. The number of urea groups is 1. The molecule has 0 spiro atoms. The van der Waals surface area contributed by atoms with Crippen molar-refractivity contribution in [2.75, 3.05) is 19.4 Å². The molecule has 0 radical (unpaired) electrons. The predicted molar refractivity (Wildman–Crippen MR) is 126 cm³/mol.